The molecule has 2 atom stereocenters. The zero-order chi connectivity index (χ0) is 20.5. The van der Waals surface area contributed by atoms with Crippen molar-refractivity contribution in [2.24, 2.45) is 10.9 Å². The van der Waals surface area contributed by atoms with Crippen molar-refractivity contribution in [3.8, 4) is 5.75 Å². The van der Waals surface area contributed by atoms with Crippen LogP contribution in [0.3, 0.4) is 0 Å². The van der Waals surface area contributed by atoms with Crippen molar-refractivity contribution in [3.63, 3.8) is 0 Å². The molecule has 30 heavy (non-hydrogen) atoms. The second-order valence-corrected chi connectivity index (χ2v) is 8.24. The van der Waals surface area contributed by atoms with Crippen molar-refractivity contribution in [1.29, 1.82) is 0 Å². The number of ether oxygens (including phenoxy) is 3. The third-order valence-electron chi connectivity index (χ3n) is 5.28. The number of guanidine groups is 1. The summed E-state index contributed by atoms with van der Waals surface area (Å²) >= 11 is 0. The van der Waals surface area contributed by atoms with Crippen molar-refractivity contribution in [2.45, 2.75) is 52.2 Å². The highest BCUT2D eigenvalue weighted by atomic mass is 127. The summed E-state index contributed by atoms with van der Waals surface area (Å²) in [5.41, 5.74) is 1.28. The van der Waals surface area contributed by atoms with Crippen LogP contribution in [0.15, 0.2) is 29.3 Å². The number of halogens is 1. The van der Waals surface area contributed by atoms with Gasteiger partial charge in [0.15, 0.2) is 5.96 Å². The average molecular weight is 531 g/mol. The van der Waals surface area contributed by atoms with E-state index in [4.69, 9.17) is 19.2 Å². The zero-order valence-electron chi connectivity index (χ0n) is 18.6. The van der Waals surface area contributed by atoms with E-state index in [1.165, 1.54) is 5.56 Å². The molecule has 1 aromatic carbocycles. The number of benzene rings is 1. The molecule has 0 aliphatic carbocycles. The molecule has 170 valence electrons. The highest BCUT2D eigenvalue weighted by Gasteiger charge is 2.32. The molecule has 0 amide bonds. The fraction of sp³-hybridized carbons (Fsp3) is 0.696. The van der Waals surface area contributed by atoms with Crippen molar-refractivity contribution < 1.29 is 14.2 Å². The normalized spacial score (nSPS) is 22.1. The van der Waals surface area contributed by atoms with Crippen molar-refractivity contribution in [1.82, 2.24) is 10.2 Å². The molecular formula is C23H38IN3O3. The quantitative estimate of drug-likeness (QED) is 0.315. The Labute approximate surface area is 198 Å². The van der Waals surface area contributed by atoms with Crippen LogP contribution in [0.2, 0.25) is 0 Å². The molecule has 2 aliphatic heterocycles. The number of nitrogens with one attached hydrogen (secondary N) is 1. The van der Waals surface area contributed by atoms with Crippen LogP contribution >= 0.6 is 24.0 Å². The highest BCUT2D eigenvalue weighted by Crippen LogP contribution is 2.21. The van der Waals surface area contributed by atoms with Crippen molar-refractivity contribution >= 4 is 29.9 Å². The van der Waals surface area contributed by atoms with Crippen LogP contribution in [0, 0.1) is 5.92 Å². The van der Waals surface area contributed by atoms with Crippen LogP contribution in [0.25, 0.3) is 0 Å². The van der Waals surface area contributed by atoms with Gasteiger partial charge in [0.25, 0.3) is 0 Å². The summed E-state index contributed by atoms with van der Waals surface area (Å²) in [6, 6.07) is 8.39. The first-order chi connectivity index (χ1) is 14.2. The van der Waals surface area contributed by atoms with E-state index >= 15 is 0 Å². The first kappa shape index (κ1) is 25.2. The fourth-order valence-corrected chi connectivity index (χ4v) is 3.72. The lowest BCUT2D eigenvalue weighted by atomic mass is 10.1. The molecule has 2 unspecified atom stereocenters. The van der Waals surface area contributed by atoms with Gasteiger partial charge in [-0.3, -0.25) is 4.99 Å². The summed E-state index contributed by atoms with van der Waals surface area (Å²) in [5.74, 6) is 2.46. The minimum Gasteiger partial charge on any atom is -0.493 e. The molecule has 1 aromatic rings. The van der Waals surface area contributed by atoms with Crippen LogP contribution in [-0.2, 0) is 15.9 Å². The average Bonchev–Trinajstić information content (AvgIpc) is 3.27. The first-order valence-corrected chi connectivity index (χ1v) is 11.1. The fourth-order valence-electron chi connectivity index (χ4n) is 3.72. The summed E-state index contributed by atoms with van der Waals surface area (Å²) in [6.07, 6.45) is 3.53. The first-order valence-electron chi connectivity index (χ1n) is 11.1. The number of rotatable bonds is 8. The molecule has 2 heterocycles. The van der Waals surface area contributed by atoms with Gasteiger partial charge in [-0.15, -0.1) is 24.0 Å². The molecule has 2 fully saturated rings. The minimum atomic E-state index is 0. The molecule has 6 nitrogen and oxygen atoms in total. The zero-order valence-corrected chi connectivity index (χ0v) is 21.0. The van der Waals surface area contributed by atoms with Crippen LogP contribution in [0.1, 0.15) is 39.2 Å². The monoisotopic (exact) mass is 531 g/mol. The number of morpholine rings is 1. The molecular weight excluding hydrogens is 493 g/mol. The van der Waals surface area contributed by atoms with Crippen LogP contribution in [-0.4, -0.2) is 69.1 Å². The van der Waals surface area contributed by atoms with Gasteiger partial charge in [-0.1, -0.05) is 26.0 Å². The van der Waals surface area contributed by atoms with Gasteiger partial charge in [0, 0.05) is 32.8 Å². The maximum Gasteiger partial charge on any atom is 0.194 e. The van der Waals surface area contributed by atoms with Gasteiger partial charge in [-0.25, -0.2) is 0 Å². The van der Waals surface area contributed by atoms with E-state index in [2.05, 4.69) is 55.3 Å². The molecule has 2 aliphatic rings. The van der Waals surface area contributed by atoms with E-state index < -0.39 is 0 Å². The summed E-state index contributed by atoms with van der Waals surface area (Å²) in [4.78, 5) is 7.20. The molecule has 3 rings (SSSR count). The molecule has 2 saturated heterocycles. The van der Waals surface area contributed by atoms with Gasteiger partial charge >= 0.3 is 0 Å². The molecule has 0 radical (unpaired) electrons. The highest BCUT2D eigenvalue weighted by molar-refractivity contribution is 14.0. The van der Waals surface area contributed by atoms with Gasteiger partial charge in [-0.05, 0) is 49.8 Å². The molecule has 0 aromatic heterocycles. The third-order valence-corrected chi connectivity index (χ3v) is 5.28. The molecule has 0 bridgehead atoms. The van der Waals surface area contributed by atoms with Crippen molar-refractivity contribution in [3.05, 3.63) is 29.8 Å². The van der Waals surface area contributed by atoms with Gasteiger partial charge in [0.05, 0.1) is 19.3 Å². The topological polar surface area (TPSA) is 55.3 Å². The standard InChI is InChI=1S/C23H37N3O3.HI/c1-4-24-23(26-13-15-28-22(16-26)21-6-5-14-27-21)25-12-11-19-7-9-20(10-8-19)29-17-18(2)3;/h7-10,18,21-22H,4-6,11-17H2,1-3H3,(H,24,25);1H. The number of hydrogen-bond acceptors (Lipinski definition) is 4. The molecule has 7 heteroatoms. The van der Waals surface area contributed by atoms with Gasteiger partial charge in [-0.2, -0.15) is 0 Å². The predicted molar refractivity (Wildman–Crippen MR) is 132 cm³/mol. The maximum absolute atomic E-state index is 5.98. The summed E-state index contributed by atoms with van der Waals surface area (Å²) < 4.78 is 17.6. The maximum atomic E-state index is 5.98. The Balaban J connectivity index is 0.00000320. The second kappa shape index (κ2) is 13.4. The lowest BCUT2D eigenvalue weighted by Gasteiger charge is -2.37. The molecule has 1 N–H and O–H groups in total. The number of hydrogen-bond donors (Lipinski definition) is 1. The summed E-state index contributed by atoms with van der Waals surface area (Å²) in [7, 11) is 0. The Morgan fingerprint density at radius 2 is 1.97 bits per heavy atom. The van der Waals surface area contributed by atoms with Gasteiger partial charge in [0.2, 0.25) is 0 Å². The van der Waals surface area contributed by atoms with Crippen molar-refractivity contribution in [2.75, 3.05) is 46.0 Å². The van der Waals surface area contributed by atoms with E-state index in [9.17, 15) is 0 Å². The predicted octanol–water partition coefficient (Wildman–Crippen LogP) is 3.73. The Bertz CT molecular complexity index is 633. The van der Waals surface area contributed by atoms with Crippen LogP contribution in [0.5, 0.6) is 5.75 Å². The lowest BCUT2D eigenvalue weighted by molar-refractivity contribution is -0.0817. The van der Waals surface area contributed by atoms with Gasteiger partial charge < -0.3 is 24.4 Å². The minimum absolute atomic E-state index is 0. The second-order valence-electron chi connectivity index (χ2n) is 8.24. The summed E-state index contributed by atoms with van der Waals surface area (Å²) in [6.45, 7) is 12.1. The van der Waals surface area contributed by atoms with Crippen LogP contribution < -0.4 is 10.1 Å². The Kier molecular flexibility index (Phi) is 11.2. The van der Waals surface area contributed by atoms with Gasteiger partial charge in [0.1, 0.15) is 11.9 Å². The Morgan fingerprint density at radius 1 is 1.20 bits per heavy atom. The summed E-state index contributed by atoms with van der Waals surface area (Å²) in [5, 5.41) is 3.45. The Morgan fingerprint density at radius 3 is 2.63 bits per heavy atom. The SMILES string of the molecule is CCNC(=NCCc1ccc(OCC(C)C)cc1)N1CCOC(C2CCCO2)C1.I. The third kappa shape index (κ3) is 7.89. The van der Waals surface area contributed by atoms with E-state index in [1.54, 1.807) is 0 Å². The largest absolute Gasteiger partial charge is 0.493 e. The Hall–Kier alpha value is -1.06. The molecule has 0 spiro atoms. The van der Waals surface area contributed by atoms with E-state index in [1.807, 2.05) is 0 Å². The van der Waals surface area contributed by atoms with E-state index in [-0.39, 0.29) is 36.2 Å². The number of nitrogens with zero attached hydrogens (tertiary/aromatic N) is 2. The lowest BCUT2D eigenvalue weighted by Crippen LogP contribution is -2.53. The van der Waals surface area contributed by atoms with E-state index in [0.29, 0.717) is 5.92 Å². The smallest absolute Gasteiger partial charge is 0.194 e. The molecule has 0 saturated carbocycles. The van der Waals surface area contributed by atoms with Crippen LogP contribution in [0.4, 0.5) is 0 Å². The van der Waals surface area contributed by atoms with E-state index in [0.717, 1.165) is 77.0 Å². The number of aliphatic imine (C=N–C) groups is 1.